The molecule has 2 nitrogen and oxygen atoms in total. The minimum absolute atomic E-state index is 0.325. The highest BCUT2D eigenvalue weighted by Crippen LogP contribution is 2.29. The number of thiophene rings is 1. The van der Waals surface area contributed by atoms with Crippen molar-refractivity contribution < 1.29 is 4.79 Å². The first-order valence-corrected chi connectivity index (χ1v) is 6.56. The Balaban J connectivity index is 1.97. The van der Waals surface area contributed by atoms with Gasteiger partial charge in [-0.1, -0.05) is 6.92 Å². The van der Waals surface area contributed by atoms with Crippen molar-refractivity contribution in [3.8, 4) is 0 Å². The number of rotatable bonds is 5. The van der Waals surface area contributed by atoms with Crippen molar-refractivity contribution >= 4 is 17.2 Å². The fourth-order valence-corrected chi connectivity index (χ4v) is 2.40. The van der Waals surface area contributed by atoms with E-state index in [1.807, 2.05) is 0 Å². The summed E-state index contributed by atoms with van der Waals surface area (Å²) in [6.07, 6.45) is 4.03. The van der Waals surface area contributed by atoms with Gasteiger partial charge in [0.05, 0.1) is 0 Å². The lowest BCUT2D eigenvalue weighted by Gasteiger charge is -2.21. The summed E-state index contributed by atoms with van der Waals surface area (Å²) in [4.78, 5) is 13.9. The van der Waals surface area contributed by atoms with Gasteiger partial charge in [-0.25, -0.2) is 0 Å². The van der Waals surface area contributed by atoms with Gasteiger partial charge in [0, 0.05) is 19.0 Å². The molecule has 1 fully saturated rings. The van der Waals surface area contributed by atoms with E-state index in [0.717, 1.165) is 13.0 Å². The van der Waals surface area contributed by atoms with Crippen LogP contribution in [0.3, 0.4) is 0 Å². The molecule has 0 bridgehead atoms. The van der Waals surface area contributed by atoms with Crippen molar-refractivity contribution in [1.82, 2.24) is 4.90 Å². The van der Waals surface area contributed by atoms with Crippen LogP contribution in [0.25, 0.3) is 0 Å². The lowest BCUT2D eigenvalue weighted by atomic mass is 10.2. The molecule has 0 radical (unpaired) electrons. The maximum Gasteiger partial charge on any atom is 0.223 e. The lowest BCUT2D eigenvalue weighted by Crippen LogP contribution is -2.32. The van der Waals surface area contributed by atoms with Crippen molar-refractivity contribution in [2.24, 2.45) is 0 Å². The van der Waals surface area contributed by atoms with Gasteiger partial charge in [-0.05, 0) is 41.7 Å². The zero-order valence-electron chi connectivity index (χ0n) is 9.11. The molecule has 1 aromatic rings. The zero-order chi connectivity index (χ0) is 10.7. The minimum atomic E-state index is 0.325. The second kappa shape index (κ2) is 4.79. The van der Waals surface area contributed by atoms with Gasteiger partial charge in [-0.15, -0.1) is 0 Å². The van der Waals surface area contributed by atoms with Gasteiger partial charge in [-0.3, -0.25) is 4.79 Å². The average molecular weight is 223 g/mol. The van der Waals surface area contributed by atoms with Gasteiger partial charge in [0.2, 0.25) is 5.91 Å². The summed E-state index contributed by atoms with van der Waals surface area (Å²) in [7, 11) is 0. The van der Waals surface area contributed by atoms with Crippen molar-refractivity contribution in [3.05, 3.63) is 22.4 Å². The zero-order valence-corrected chi connectivity index (χ0v) is 9.93. The van der Waals surface area contributed by atoms with E-state index in [2.05, 4.69) is 28.7 Å². The van der Waals surface area contributed by atoms with Gasteiger partial charge in [0.15, 0.2) is 0 Å². The SMILES string of the molecule is CCCC(=O)N(Cc1ccsc1)C1CC1. The van der Waals surface area contributed by atoms with Crippen molar-refractivity contribution in [2.45, 2.75) is 45.2 Å². The van der Waals surface area contributed by atoms with Crippen LogP contribution in [0.15, 0.2) is 16.8 Å². The van der Waals surface area contributed by atoms with E-state index in [9.17, 15) is 4.79 Å². The number of amides is 1. The summed E-state index contributed by atoms with van der Waals surface area (Å²) < 4.78 is 0. The Morgan fingerprint density at radius 3 is 2.93 bits per heavy atom. The smallest absolute Gasteiger partial charge is 0.223 e. The Kier molecular flexibility index (Phi) is 3.41. The molecule has 0 saturated heterocycles. The van der Waals surface area contributed by atoms with Crippen LogP contribution < -0.4 is 0 Å². The molecule has 0 atom stereocenters. The lowest BCUT2D eigenvalue weighted by molar-refractivity contribution is -0.132. The van der Waals surface area contributed by atoms with Gasteiger partial charge >= 0.3 is 0 Å². The minimum Gasteiger partial charge on any atom is -0.335 e. The first-order valence-electron chi connectivity index (χ1n) is 5.61. The Bertz CT molecular complexity index is 316. The van der Waals surface area contributed by atoms with Gasteiger partial charge < -0.3 is 4.90 Å². The van der Waals surface area contributed by atoms with Crippen LogP contribution in [-0.4, -0.2) is 16.8 Å². The van der Waals surface area contributed by atoms with Crippen LogP contribution in [0.5, 0.6) is 0 Å². The van der Waals surface area contributed by atoms with Crippen LogP contribution in [0, 0.1) is 0 Å². The average Bonchev–Trinajstić information content (AvgIpc) is 2.93. The highest BCUT2D eigenvalue weighted by Gasteiger charge is 2.31. The first-order chi connectivity index (χ1) is 7.31. The molecule has 0 spiro atoms. The monoisotopic (exact) mass is 223 g/mol. The van der Waals surface area contributed by atoms with E-state index in [-0.39, 0.29) is 0 Å². The molecule has 0 aromatic carbocycles. The van der Waals surface area contributed by atoms with Crippen molar-refractivity contribution in [1.29, 1.82) is 0 Å². The second-order valence-electron chi connectivity index (χ2n) is 4.13. The summed E-state index contributed by atoms with van der Waals surface area (Å²) in [5, 5.41) is 4.21. The summed E-state index contributed by atoms with van der Waals surface area (Å²) >= 11 is 1.70. The fraction of sp³-hybridized carbons (Fsp3) is 0.583. The maximum atomic E-state index is 11.9. The van der Waals surface area contributed by atoms with Crippen LogP contribution in [0.2, 0.25) is 0 Å². The number of carbonyl (C=O) groups excluding carboxylic acids is 1. The summed E-state index contributed by atoms with van der Waals surface area (Å²) in [5.41, 5.74) is 1.27. The third-order valence-electron chi connectivity index (χ3n) is 2.70. The predicted molar refractivity (Wildman–Crippen MR) is 62.8 cm³/mol. The van der Waals surface area contributed by atoms with Crippen LogP contribution in [0.4, 0.5) is 0 Å². The van der Waals surface area contributed by atoms with Crippen molar-refractivity contribution in [2.75, 3.05) is 0 Å². The molecule has 1 saturated carbocycles. The number of hydrogen-bond donors (Lipinski definition) is 0. The Labute approximate surface area is 94.9 Å². The molecule has 1 amide bonds. The highest BCUT2D eigenvalue weighted by atomic mass is 32.1. The molecule has 2 rings (SSSR count). The largest absolute Gasteiger partial charge is 0.335 e. The Morgan fingerprint density at radius 1 is 1.60 bits per heavy atom. The van der Waals surface area contributed by atoms with E-state index < -0.39 is 0 Å². The van der Waals surface area contributed by atoms with Gasteiger partial charge in [-0.2, -0.15) is 11.3 Å². The number of hydrogen-bond acceptors (Lipinski definition) is 2. The van der Waals surface area contributed by atoms with Crippen molar-refractivity contribution in [3.63, 3.8) is 0 Å². The van der Waals surface area contributed by atoms with Crippen LogP contribution in [0.1, 0.15) is 38.2 Å². The number of carbonyl (C=O) groups is 1. The fourth-order valence-electron chi connectivity index (χ4n) is 1.74. The normalized spacial score (nSPS) is 15.3. The molecule has 1 heterocycles. The highest BCUT2D eigenvalue weighted by molar-refractivity contribution is 7.07. The molecule has 1 aliphatic carbocycles. The third-order valence-corrected chi connectivity index (χ3v) is 3.44. The molecule has 0 N–H and O–H groups in total. The summed E-state index contributed by atoms with van der Waals surface area (Å²) in [6.45, 7) is 2.88. The predicted octanol–water partition coefficient (Wildman–Crippen LogP) is 3.04. The molecule has 15 heavy (non-hydrogen) atoms. The summed E-state index contributed by atoms with van der Waals surface area (Å²) in [5.74, 6) is 0.325. The topological polar surface area (TPSA) is 20.3 Å². The third kappa shape index (κ3) is 2.81. The Hall–Kier alpha value is -0.830. The Morgan fingerprint density at radius 2 is 2.40 bits per heavy atom. The van der Waals surface area contributed by atoms with Crippen LogP contribution >= 0.6 is 11.3 Å². The molecule has 82 valence electrons. The molecule has 0 unspecified atom stereocenters. The molecular weight excluding hydrogens is 206 g/mol. The van der Waals surface area contributed by atoms with E-state index in [1.165, 1.54) is 18.4 Å². The quantitative estimate of drug-likeness (QED) is 0.751. The molecule has 1 aromatic heterocycles. The van der Waals surface area contributed by atoms with Gasteiger partial charge in [0.1, 0.15) is 0 Å². The number of nitrogens with zero attached hydrogens (tertiary/aromatic N) is 1. The molecule has 1 aliphatic rings. The van der Waals surface area contributed by atoms with Crippen LogP contribution in [-0.2, 0) is 11.3 Å². The summed E-state index contributed by atoms with van der Waals surface area (Å²) in [6, 6.07) is 2.64. The standard InChI is InChI=1S/C12H17NOS/c1-2-3-12(14)13(11-4-5-11)8-10-6-7-15-9-10/h6-7,9,11H,2-5,8H2,1H3. The molecule has 0 aliphatic heterocycles. The van der Waals surface area contributed by atoms with E-state index in [1.54, 1.807) is 11.3 Å². The van der Waals surface area contributed by atoms with Gasteiger partial charge in [0.25, 0.3) is 0 Å². The van der Waals surface area contributed by atoms with E-state index in [4.69, 9.17) is 0 Å². The second-order valence-corrected chi connectivity index (χ2v) is 4.91. The molecular formula is C12H17NOS. The molecule has 3 heteroatoms. The first kappa shape index (κ1) is 10.7. The van der Waals surface area contributed by atoms with E-state index in [0.29, 0.717) is 18.4 Å². The van der Waals surface area contributed by atoms with E-state index >= 15 is 0 Å². The maximum absolute atomic E-state index is 11.9.